The lowest BCUT2D eigenvalue weighted by molar-refractivity contribution is 0.149. The number of hydrogen-bond acceptors (Lipinski definition) is 4. The molecule has 0 radical (unpaired) electrons. The van der Waals surface area contributed by atoms with E-state index in [4.69, 9.17) is 0 Å². The lowest BCUT2D eigenvalue weighted by atomic mass is 9.92. The van der Waals surface area contributed by atoms with Crippen LogP contribution < -0.4 is 4.90 Å². The molecule has 23 heavy (non-hydrogen) atoms. The molecular weight excluding hydrogens is 399 g/mol. The summed E-state index contributed by atoms with van der Waals surface area (Å²) in [6, 6.07) is 4.32. The first kappa shape index (κ1) is 17.4. The van der Waals surface area contributed by atoms with Gasteiger partial charge in [-0.1, -0.05) is 0 Å². The summed E-state index contributed by atoms with van der Waals surface area (Å²) in [5.74, 6) is 2.07. The Morgan fingerprint density at radius 1 is 1.09 bits per heavy atom. The summed E-state index contributed by atoms with van der Waals surface area (Å²) in [7, 11) is 2.23. The molecule has 2 aliphatic rings. The first-order chi connectivity index (χ1) is 11.2. The van der Waals surface area contributed by atoms with Crippen LogP contribution in [0.5, 0.6) is 0 Å². The summed E-state index contributed by atoms with van der Waals surface area (Å²) in [5.41, 5.74) is 0. The molecule has 0 bridgehead atoms. The van der Waals surface area contributed by atoms with E-state index in [0.717, 1.165) is 11.7 Å². The third-order valence-corrected chi connectivity index (χ3v) is 5.97. The molecule has 0 atom stereocenters. The number of piperidine rings is 1. The molecule has 1 aromatic heterocycles. The molecule has 0 unspecified atom stereocenters. The van der Waals surface area contributed by atoms with Crippen molar-refractivity contribution in [3.63, 3.8) is 0 Å². The van der Waals surface area contributed by atoms with E-state index in [0.29, 0.717) is 0 Å². The Morgan fingerprint density at radius 2 is 1.83 bits per heavy atom. The fourth-order valence-corrected chi connectivity index (χ4v) is 4.00. The first-order valence-electron chi connectivity index (χ1n) is 8.98. The molecule has 0 aromatic carbocycles. The van der Waals surface area contributed by atoms with E-state index in [-0.39, 0.29) is 0 Å². The highest BCUT2D eigenvalue weighted by Crippen LogP contribution is 2.25. The topological polar surface area (TPSA) is 22.6 Å². The van der Waals surface area contributed by atoms with E-state index < -0.39 is 0 Å². The highest BCUT2D eigenvalue weighted by atomic mass is 127. The normalized spacial score (nSPS) is 21.7. The van der Waals surface area contributed by atoms with Crippen molar-refractivity contribution in [2.24, 2.45) is 5.92 Å². The van der Waals surface area contributed by atoms with E-state index in [1.54, 1.807) is 0 Å². The predicted molar refractivity (Wildman–Crippen MR) is 105 cm³/mol. The molecule has 0 spiro atoms. The minimum absolute atomic E-state index is 0.919. The van der Waals surface area contributed by atoms with Crippen LogP contribution in [-0.2, 0) is 0 Å². The lowest BCUT2D eigenvalue weighted by Gasteiger charge is -2.34. The maximum absolute atomic E-state index is 4.56. The Hall–Kier alpha value is -0.400. The molecule has 0 saturated carbocycles. The zero-order valence-corrected chi connectivity index (χ0v) is 16.4. The fourth-order valence-electron chi connectivity index (χ4n) is 3.68. The SMILES string of the molecule is CN1CCN(CCCC2CCN(c3ccc(I)cn3)CC2)CC1. The van der Waals surface area contributed by atoms with Gasteiger partial charge in [0.1, 0.15) is 5.82 Å². The molecule has 3 rings (SSSR count). The van der Waals surface area contributed by atoms with Gasteiger partial charge in [0, 0.05) is 49.0 Å². The van der Waals surface area contributed by atoms with E-state index in [9.17, 15) is 0 Å². The number of halogens is 1. The van der Waals surface area contributed by atoms with E-state index in [2.05, 4.69) is 61.5 Å². The molecule has 5 heteroatoms. The van der Waals surface area contributed by atoms with Crippen LogP contribution >= 0.6 is 22.6 Å². The molecule has 1 aromatic rings. The molecule has 0 amide bonds. The maximum Gasteiger partial charge on any atom is 0.128 e. The third-order valence-electron chi connectivity index (χ3n) is 5.33. The highest BCUT2D eigenvalue weighted by Gasteiger charge is 2.20. The minimum Gasteiger partial charge on any atom is -0.357 e. The molecule has 128 valence electrons. The Balaban J connectivity index is 1.34. The van der Waals surface area contributed by atoms with Gasteiger partial charge in [0.2, 0.25) is 0 Å². The van der Waals surface area contributed by atoms with E-state index in [1.807, 2.05) is 6.20 Å². The van der Waals surface area contributed by atoms with Gasteiger partial charge in [0.15, 0.2) is 0 Å². The van der Waals surface area contributed by atoms with Crippen molar-refractivity contribution in [3.8, 4) is 0 Å². The van der Waals surface area contributed by atoms with E-state index >= 15 is 0 Å². The first-order valence-corrected chi connectivity index (χ1v) is 10.1. The van der Waals surface area contributed by atoms with Crippen LogP contribution in [0.2, 0.25) is 0 Å². The summed E-state index contributed by atoms with van der Waals surface area (Å²) in [5, 5.41) is 0. The largest absolute Gasteiger partial charge is 0.357 e. The van der Waals surface area contributed by atoms with Gasteiger partial charge in [-0.25, -0.2) is 4.98 Å². The Morgan fingerprint density at radius 3 is 2.48 bits per heavy atom. The molecule has 2 aliphatic heterocycles. The zero-order chi connectivity index (χ0) is 16.1. The summed E-state index contributed by atoms with van der Waals surface area (Å²) < 4.78 is 1.21. The van der Waals surface area contributed by atoms with Gasteiger partial charge >= 0.3 is 0 Å². The minimum atomic E-state index is 0.919. The van der Waals surface area contributed by atoms with Crippen molar-refractivity contribution in [2.75, 3.05) is 57.8 Å². The molecule has 3 heterocycles. The van der Waals surface area contributed by atoms with Gasteiger partial charge in [0.05, 0.1) is 0 Å². The van der Waals surface area contributed by atoms with Crippen LogP contribution in [0.3, 0.4) is 0 Å². The van der Waals surface area contributed by atoms with Crippen molar-refractivity contribution in [1.82, 2.24) is 14.8 Å². The second-order valence-electron chi connectivity index (χ2n) is 7.05. The fraction of sp³-hybridized carbons (Fsp3) is 0.722. The van der Waals surface area contributed by atoms with Gasteiger partial charge in [-0.05, 0) is 79.9 Å². The monoisotopic (exact) mass is 428 g/mol. The Labute approximate surface area is 154 Å². The average Bonchev–Trinajstić information content (AvgIpc) is 2.58. The van der Waals surface area contributed by atoms with Crippen LogP contribution in [0.1, 0.15) is 25.7 Å². The average molecular weight is 428 g/mol. The summed E-state index contributed by atoms with van der Waals surface area (Å²) in [6.45, 7) is 8.63. The Bertz CT molecular complexity index is 462. The second kappa shape index (κ2) is 8.62. The number of aromatic nitrogens is 1. The highest BCUT2D eigenvalue weighted by molar-refractivity contribution is 14.1. The van der Waals surface area contributed by atoms with Gasteiger partial charge in [-0.15, -0.1) is 0 Å². The van der Waals surface area contributed by atoms with Crippen molar-refractivity contribution in [1.29, 1.82) is 0 Å². The zero-order valence-electron chi connectivity index (χ0n) is 14.3. The molecule has 2 fully saturated rings. The number of piperazine rings is 1. The third kappa shape index (κ3) is 5.29. The van der Waals surface area contributed by atoms with Crippen LogP contribution in [0.4, 0.5) is 5.82 Å². The molecule has 2 saturated heterocycles. The number of likely N-dealkylation sites (N-methyl/N-ethyl adjacent to an activating group) is 1. The smallest absolute Gasteiger partial charge is 0.128 e. The number of anilines is 1. The lowest BCUT2D eigenvalue weighted by Crippen LogP contribution is -2.44. The summed E-state index contributed by atoms with van der Waals surface area (Å²) in [6.07, 6.45) is 7.40. The van der Waals surface area contributed by atoms with Crippen LogP contribution in [0.25, 0.3) is 0 Å². The maximum atomic E-state index is 4.56. The standard InChI is InChI=1S/C18H29IN4/c1-21-11-13-22(14-12-21)8-2-3-16-6-9-23(10-7-16)18-5-4-17(19)15-20-18/h4-5,15-16H,2-3,6-14H2,1H3. The molecular formula is C18H29IN4. The molecule has 4 nitrogen and oxygen atoms in total. The van der Waals surface area contributed by atoms with Crippen molar-refractivity contribution in [2.45, 2.75) is 25.7 Å². The van der Waals surface area contributed by atoms with Crippen LogP contribution in [-0.4, -0.2) is 67.6 Å². The molecule has 0 N–H and O–H groups in total. The number of hydrogen-bond donors (Lipinski definition) is 0. The second-order valence-corrected chi connectivity index (χ2v) is 8.30. The number of nitrogens with zero attached hydrogens (tertiary/aromatic N) is 4. The van der Waals surface area contributed by atoms with Crippen molar-refractivity contribution in [3.05, 3.63) is 21.9 Å². The summed E-state index contributed by atoms with van der Waals surface area (Å²) >= 11 is 2.32. The molecule has 0 aliphatic carbocycles. The number of rotatable bonds is 5. The van der Waals surface area contributed by atoms with E-state index in [1.165, 1.54) is 75.1 Å². The van der Waals surface area contributed by atoms with Gasteiger partial charge in [-0.2, -0.15) is 0 Å². The van der Waals surface area contributed by atoms with Crippen molar-refractivity contribution >= 4 is 28.4 Å². The van der Waals surface area contributed by atoms with Gasteiger partial charge in [-0.3, -0.25) is 0 Å². The van der Waals surface area contributed by atoms with Crippen LogP contribution in [0, 0.1) is 9.49 Å². The quantitative estimate of drug-likeness (QED) is 0.673. The van der Waals surface area contributed by atoms with Gasteiger partial charge < -0.3 is 14.7 Å². The van der Waals surface area contributed by atoms with Gasteiger partial charge in [0.25, 0.3) is 0 Å². The summed E-state index contributed by atoms with van der Waals surface area (Å²) in [4.78, 5) is 12.1. The predicted octanol–water partition coefficient (Wildman–Crippen LogP) is 2.93. The Kier molecular flexibility index (Phi) is 6.53. The van der Waals surface area contributed by atoms with Crippen molar-refractivity contribution < 1.29 is 0 Å². The van der Waals surface area contributed by atoms with Crippen LogP contribution in [0.15, 0.2) is 18.3 Å². The number of pyridine rings is 1.